The molecular weight excluding hydrogens is 1630 g/mol. The molecule has 4 aromatic heterocycles. The van der Waals surface area contributed by atoms with Gasteiger partial charge in [0.1, 0.15) is 22.3 Å². The van der Waals surface area contributed by atoms with Gasteiger partial charge in [-0.05, 0) is 278 Å². The molecule has 0 fully saturated rings. The van der Waals surface area contributed by atoms with Gasteiger partial charge in [0.05, 0.1) is 22.1 Å². The molecule has 626 valence electrons. The molecular formula is C128H82N4O2. The Morgan fingerprint density at radius 2 is 0.388 bits per heavy atom. The van der Waals surface area contributed by atoms with E-state index in [9.17, 15) is 0 Å². The quantitative estimate of drug-likeness (QED) is 0.102. The van der Waals surface area contributed by atoms with E-state index in [0.29, 0.717) is 0 Å². The number of hydrogen-bond donors (Lipinski definition) is 0. The monoisotopic (exact) mass is 1710 g/mol. The van der Waals surface area contributed by atoms with E-state index in [-0.39, 0.29) is 0 Å². The third kappa shape index (κ3) is 13.4. The van der Waals surface area contributed by atoms with Gasteiger partial charge in [-0.1, -0.05) is 340 Å². The standard InChI is InChI=1S/C66H42N2O.C62H40N2O/c1-2-16-55-53(14-1)54-15-3-4-17-56(54)62-42-52(37-39-57(55)62)67(49-33-28-44(29-34-49)43-24-26-45(27-25-43)48-32-38-61-60-20-7-10-23-65(60)69-66(61)41-48)50-35-30-46(31-36-50)47-12-11-13-51(40-47)68-63-21-8-5-18-58(63)59-19-6-9-22-64(59)68;1-2-13-53-45(10-1)24-25-48-39-52(35-37-54(48)53)63(49-31-26-42(27-32-49)41-20-22-43(23-21-41)47-30-36-58-57-16-5-8-19-61(57)65-62(58)40-47)50-33-28-44(29-34-50)46-11-9-12-51(38-46)64-59-17-6-3-14-55(59)56-15-4-7-18-60(56)64/h1-42H;1-40H. The number of nitrogens with zero attached hydrogens (tertiary/aromatic N) is 4. The number of furan rings is 2. The summed E-state index contributed by atoms with van der Waals surface area (Å²) in [6.45, 7) is 0. The van der Waals surface area contributed by atoms with Crippen molar-refractivity contribution in [3.63, 3.8) is 0 Å². The molecule has 0 saturated carbocycles. The third-order valence-electron chi connectivity index (χ3n) is 27.4. The highest BCUT2D eigenvalue weighted by molar-refractivity contribution is 6.26. The Labute approximate surface area is 773 Å². The summed E-state index contributed by atoms with van der Waals surface area (Å²) in [5.74, 6) is 0. The predicted molar refractivity (Wildman–Crippen MR) is 566 cm³/mol. The molecule has 0 aliphatic rings. The normalized spacial score (nSPS) is 11.7. The van der Waals surface area contributed by atoms with Crippen LogP contribution in [0.2, 0.25) is 0 Å². The first-order valence-corrected chi connectivity index (χ1v) is 45.9. The highest BCUT2D eigenvalue weighted by Crippen LogP contribution is 2.47. The van der Waals surface area contributed by atoms with Crippen LogP contribution in [0.4, 0.5) is 34.1 Å². The van der Waals surface area contributed by atoms with Gasteiger partial charge in [0.25, 0.3) is 0 Å². The molecule has 23 aromatic carbocycles. The highest BCUT2D eigenvalue weighted by Gasteiger charge is 2.23. The second-order valence-electron chi connectivity index (χ2n) is 35.0. The lowest BCUT2D eigenvalue weighted by atomic mass is 9.94. The maximum absolute atomic E-state index is 6.22. The molecule has 0 N–H and O–H groups in total. The van der Waals surface area contributed by atoms with Gasteiger partial charge < -0.3 is 27.8 Å². The van der Waals surface area contributed by atoms with Crippen molar-refractivity contribution in [3.05, 3.63) is 497 Å². The van der Waals surface area contributed by atoms with Crippen molar-refractivity contribution in [2.75, 3.05) is 9.80 Å². The predicted octanol–water partition coefficient (Wildman–Crippen LogP) is 36.1. The van der Waals surface area contributed by atoms with Crippen LogP contribution >= 0.6 is 0 Å². The Morgan fingerprint density at radius 3 is 0.784 bits per heavy atom. The van der Waals surface area contributed by atoms with Crippen LogP contribution in [-0.4, -0.2) is 9.13 Å². The summed E-state index contributed by atoms with van der Waals surface area (Å²) in [7, 11) is 0. The topological polar surface area (TPSA) is 42.6 Å². The molecule has 0 aliphatic heterocycles. The lowest BCUT2D eigenvalue weighted by Gasteiger charge is -2.27. The number of hydrogen-bond acceptors (Lipinski definition) is 4. The maximum atomic E-state index is 6.22. The van der Waals surface area contributed by atoms with Crippen molar-refractivity contribution in [3.8, 4) is 78.1 Å². The Hall–Kier alpha value is -17.8. The molecule has 0 amide bonds. The molecule has 0 bridgehead atoms. The smallest absolute Gasteiger partial charge is 0.136 e. The van der Waals surface area contributed by atoms with Crippen LogP contribution in [0.3, 0.4) is 0 Å². The molecule has 134 heavy (non-hydrogen) atoms. The lowest BCUT2D eigenvalue weighted by molar-refractivity contribution is 0.668. The largest absolute Gasteiger partial charge is 0.456 e. The van der Waals surface area contributed by atoms with E-state index in [2.05, 4.69) is 492 Å². The summed E-state index contributed by atoms with van der Waals surface area (Å²) in [5, 5.41) is 22.2. The molecule has 6 heteroatoms. The Bertz CT molecular complexity index is 9160. The van der Waals surface area contributed by atoms with Gasteiger partial charge in [-0.2, -0.15) is 0 Å². The molecule has 0 unspecified atom stereocenters. The maximum Gasteiger partial charge on any atom is 0.136 e. The first kappa shape index (κ1) is 77.3. The average Bonchev–Trinajstić information content (AvgIpc) is 1.72. The van der Waals surface area contributed by atoms with Gasteiger partial charge in [0.2, 0.25) is 0 Å². The van der Waals surface area contributed by atoms with Crippen molar-refractivity contribution < 1.29 is 8.83 Å². The van der Waals surface area contributed by atoms with Crippen LogP contribution < -0.4 is 9.80 Å². The molecule has 0 radical (unpaired) electrons. The minimum Gasteiger partial charge on any atom is -0.456 e. The second kappa shape index (κ2) is 32.1. The van der Waals surface area contributed by atoms with E-state index < -0.39 is 0 Å². The first-order chi connectivity index (χ1) is 66.4. The SMILES string of the molecule is c1cc(-c2ccc(N(c3ccc(-c4ccc(-c5ccc6c(c5)oc5ccccc56)cc4)cc3)c3ccc4c(ccc5ccccc54)c3)cc2)cc(-n2c3ccccc3c3ccccc32)c1.c1cc(-c2ccc(N(c3ccc(-c4ccc(-c5ccc6c(c5)oc5ccccc56)cc4)cc3)c3ccc4c5ccccc5c5ccccc5c4c3)cc2)cc(-n2c3ccccc3c3ccccc32)c1. The summed E-state index contributed by atoms with van der Waals surface area (Å²) in [6, 6.07) is 180. The van der Waals surface area contributed by atoms with Crippen molar-refractivity contribution in [1.29, 1.82) is 0 Å². The van der Waals surface area contributed by atoms with E-state index in [4.69, 9.17) is 8.83 Å². The molecule has 0 aliphatic carbocycles. The lowest BCUT2D eigenvalue weighted by Crippen LogP contribution is -2.10. The molecule has 4 heterocycles. The van der Waals surface area contributed by atoms with Gasteiger partial charge in [0, 0.05) is 88.6 Å². The van der Waals surface area contributed by atoms with E-state index in [1.807, 2.05) is 24.3 Å². The van der Waals surface area contributed by atoms with Crippen LogP contribution in [0.1, 0.15) is 0 Å². The third-order valence-corrected chi connectivity index (χ3v) is 27.4. The van der Waals surface area contributed by atoms with Crippen molar-refractivity contribution in [2.45, 2.75) is 0 Å². The van der Waals surface area contributed by atoms with Crippen molar-refractivity contribution in [1.82, 2.24) is 9.13 Å². The van der Waals surface area contributed by atoms with E-state index in [0.717, 1.165) is 134 Å². The number of aromatic nitrogens is 2. The van der Waals surface area contributed by atoms with Crippen molar-refractivity contribution in [2.24, 2.45) is 0 Å². The van der Waals surface area contributed by atoms with Gasteiger partial charge in [0.15, 0.2) is 0 Å². The molecule has 0 atom stereocenters. The summed E-state index contributed by atoms with van der Waals surface area (Å²) >= 11 is 0. The van der Waals surface area contributed by atoms with Gasteiger partial charge in [-0.15, -0.1) is 0 Å². The van der Waals surface area contributed by atoms with Crippen LogP contribution in [0, 0.1) is 0 Å². The summed E-state index contributed by atoms with van der Waals surface area (Å²) < 4.78 is 17.2. The molecule has 0 spiro atoms. The van der Waals surface area contributed by atoms with Crippen LogP contribution in [0.25, 0.3) is 219 Å². The van der Waals surface area contributed by atoms with Crippen LogP contribution in [-0.2, 0) is 0 Å². The molecule has 6 nitrogen and oxygen atoms in total. The Morgan fingerprint density at radius 1 is 0.134 bits per heavy atom. The van der Waals surface area contributed by atoms with E-state index in [1.165, 1.54) is 120 Å². The number of fused-ring (bicyclic) bond motifs is 21. The molecule has 0 saturated heterocycles. The van der Waals surface area contributed by atoms with Gasteiger partial charge >= 0.3 is 0 Å². The summed E-state index contributed by atoms with van der Waals surface area (Å²) in [6.07, 6.45) is 0. The number of rotatable bonds is 14. The molecule has 27 aromatic rings. The zero-order chi connectivity index (χ0) is 88.3. The fraction of sp³-hybridized carbons (Fsp3) is 0. The summed E-state index contributed by atoms with van der Waals surface area (Å²) in [4.78, 5) is 4.76. The highest BCUT2D eigenvalue weighted by atomic mass is 16.3. The van der Waals surface area contributed by atoms with Crippen LogP contribution in [0.15, 0.2) is 506 Å². The first-order valence-electron chi connectivity index (χ1n) is 45.9. The van der Waals surface area contributed by atoms with E-state index in [1.54, 1.807) is 0 Å². The van der Waals surface area contributed by atoms with E-state index >= 15 is 0 Å². The Balaban J connectivity index is 0.000000140. The second-order valence-corrected chi connectivity index (χ2v) is 35.0. The van der Waals surface area contributed by atoms with Gasteiger partial charge in [-0.25, -0.2) is 0 Å². The minimum absolute atomic E-state index is 0.908. The zero-order valence-electron chi connectivity index (χ0n) is 72.9. The number of benzene rings is 23. The molecule has 27 rings (SSSR count). The Kier molecular flexibility index (Phi) is 18.5. The zero-order valence-corrected chi connectivity index (χ0v) is 72.9. The fourth-order valence-electron chi connectivity index (χ4n) is 20.9. The number of anilines is 6. The van der Waals surface area contributed by atoms with Gasteiger partial charge in [-0.3, -0.25) is 0 Å². The minimum atomic E-state index is 0.908. The fourth-order valence-corrected chi connectivity index (χ4v) is 20.9. The summed E-state index contributed by atoms with van der Waals surface area (Å²) in [5.41, 5.74) is 31.2. The van der Waals surface area contributed by atoms with Crippen LogP contribution in [0.5, 0.6) is 0 Å². The number of para-hydroxylation sites is 6. The van der Waals surface area contributed by atoms with Crippen molar-refractivity contribution >= 4 is 175 Å². The average molecular weight is 1710 g/mol.